The summed E-state index contributed by atoms with van der Waals surface area (Å²) in [5.41, 5.74) is 2.49. The second-order valence-corrected chi connectivity index (χ2v) is 5.74. The van der Waals surface area contributed by atoms with E-state index in [4.69, 9.17) is 4.42 Å². The first-order chi connectivity index (χ1) is 9.72. The highest BCUT2D eigenvalue weighted by molar-refractivity contribution is 7.98. The molecule has 0 saturated carbocycles. The average Bonchev–Trinajstić information content (AvgIpc) is 2.45. The van der Waals surface area contributed by atoms with Gasteiger partial charge in [0.2, 0.25) is 0 Å². The minimum atomic E-state index is -0.285. The predicted octanol–water partition coefficient (Wildman–Crippen LogP) is 4.39. The molecule has 0 saturated heterocycles. The van der Waals surface area contributed by atoms with Crippen LogP contribution < -0.4 is 5.63 Å². The maximum Gasteiger partial charge on any atom is 0.336 e. The summed E-state index contributed by atoms with van der Waals surface area (Å²) >= 11 is 1.72. The summed E-state index contributed by atoms with van der Waals surface area (Å²) < 4.78 is 5.27. The van der Waals surface area contributed by atoms with Gasteiger partial charge in [-0.3, -0.25) is 0 Å². The topological polar surface area (TPSA) is 30.2 Å². The minimum absolute atomic E-state index is 0.285. The molecule has 3 rings (SSSR count). The summed E-state index contributed by atoms with van der Waals surface area (Å²) in [6, 6.07) is 17.7. The molecule has 0 amide bonds. The molecule has 0 aliphatic rings. The van der Waals surface area contributed by atoms with Gasteiger partial charge < -0.3 is 4.42 Å². The minimum Gasteiger partial charge on any atom is -0.423 e. The van der Waals surface area contributed by atoms with Crippen LogP contribution in [-0.2, 0) is 5.75 Å². The van der Waals surface area contributed by atoms with Crippen molar-refractivity contribution < 1.29 is 4.42 Å². The Labute approximate surface area is 121 Å². The summed E-state index contributed by atoms with van der Waals surface area (Å²) in [7, 11) is 0. The summed E-state index contributed by atoms with van der Waals surface area (Å²) in [5.74, 6) is 0.759. The quantitative estimate of drug-likeness (QED) is 0.527. The van der Waals surface area contributed by atoms with Crippen LogP contribution in [0.5, 0.6) is 0 Å². The zero-order chi connectivity index (χ0) is 13.9. The lowest BCUT2D eigenvalue weighted by Crippen LogP contribution is -2.00. The van der Waals surface area contributed by atoms with Crippen LogP contribution in [0, 0.1) is 6.92 Å². The van der Waals surface area contributed by atoms with Crippen molar-refractivity contribution in [2.24, 2.45) is 0 Å². The van der Waals surface area contributed by atoms with E-state index in [-0.39, 0.29) is 5.63 Å². The van der Waals surface area contributed by atoms with Crippen LogP contribution in [0.1, 0.15) is 11.1 Å². The lowest BCUT2D eigenvalue weighted by molar-refractivity contribution is 0.559. The van der Waals surface area contributed by atoms with E-state index in [2.05, 4.69) is 12.1 Å². The van der Waals surface area contributed by atoms with Crippen LogP contribution >= 0.6 is 11.8 Å². The van der Waals surface area contributed by atoms with Crippen LogP contribution in [0.25, 0.3) is 11.0 Å². The molecule has 3 aromatic rings. The molecule has 2 aromatic carbocycles. The molecule has 1 aromatic heterocycles. The lowest BCUT2D eigenvalue weighted by Gasteiger charge is -2.06. The van der Waals surface area contributed by atoms with Crippen molar-refractivity contribution in [3.63, 3.8) is 0 Å². The van der Waals surface area contributed by atoms with Gasteiger partial charge in [0.15, 0.2) is 0 Å². The van der Waals surface area contributed by atoms with Gasteiger partial charge >= 0.3 is 5.63 Å². The number of hydrogen-bond donors (Lipinski definition) is 0. The zero-order valence-electron chi connectivity index (χ0n) is 11.1. The van der Waals surface area contributed by atoms with Crippen molar-refractivity contribution >= 4 is 22.7 Å². The van der Waals surface area contributed by atoms with Crippen molar-refractivity contribution in [2.45, 2.75) is 17.6 Å². The number of aryl methyl sites for hydroxylation is 1. The first-order valence-electron chi connectivity index (χ1n) is 6.43. The van der Waals surface area contributed by atoms with Crippen LogP contribution in [0.3, 0.4) is 0 Å². The number of benzene rings is 2. The van der Waals surface area contributed by atoms with Gasteiger partial charge in [-0.1, -0.05) is 30.3 Å². The molecule has 0 bridgehead atoms. The van der Waals surface area contributed by atoms with Crippen molar-refractivity contribution in [1.82, 2.24) is 0 Å². The monoisotopic (exact) mass is 282 g/mol. The molecule has 0 spiro atoms. The van der Waals surface area contributed by atoms with Gasteiger partial charge in [-0.25, -0.2) is 4.79 Å². The predicted molar refractivity (Wildman–Crippen MR) is 83.2 cm³/mol. The molecule has 2 nitrogen and oxygen atoms in total. The van der Waals surface area contributed by atoms with E-state index >= 15 is 0 Å². The molecule has 0 N–H and O–H groups in total. The summed E-state index contributed by atoms with van der Waals surface area (Å²) in [6.07, 6.45) is 0. The Morgan fingerprint density at radius 2 is 1.85 bits per heavy atom. The fourth-order valence-corrected chi connectivity index (χ4v) is 3.04. The maximum atomic E-state index is 11.7. The van der Waals surface area contributed by atoms with Gasteiger partial charge in [0, 0.05) is 22.1 Å². The second-order valence-electron chi connectivity index (χ2n) is 4.69. The molecule has 0 atom stereocenters. The van der Waals surface area contributed by atoms with E-state index in [0.717, 1.165) is 22.3 Å². The summed E-state index contributed by atoms with van der Waals surface area (Å²) in [6.45, 7) is 1.99. The fraction of sp³-hybridized carbons (Fsp3) is 0.118. The fourth-order valence-electron chi connectivity index (χ4n) is 2.13. The van der Waals surface area contributed by atoms with Crippen molar-refractivity contribution in [1.29, 1.82) is 0 Å². The number of rotatable bonds is 3. The molecule has 0 unspecified atom stereocenters. The van der Waals surface area contributed by atoms with Crippen LogP contribution in [-0.4, -0.2) is 0 Å². The van der Waals surface area contributed by atoms with E-state index in [1.807, 2.05) is 43.3 Å². The Morgan fingerprint density at radius 1 is 1.05 bits per heavy atom. The van der Waals surface area contributed by atoms with Gasteiger partial charge in [-0.15, -0.1) is 11.8 Å². The molecular weight excluding hydrogens is 268 g/mol. The van der Waals surface area contributed by atoms with Crippen molar-refractivity contribution in [3.05, 3.63) is 76.1 Å². The molecule has 20 heavy (non-hydrogen) atoms. The van der Waals surface area contributed by atoms with E-state index in [1.54, 1.807) is 17.8 Å². The Hall–Kier alpha value is -2.00. The molecule has 0 fully saturated rings. The zero-order valence-corrected chi connectivity index (χ0v) is 11.9. The Morgan fingerprint density at radius 3 is 2.65 bits per heavy atom. The van der Waals surface area contributed by atoms with Gasteiger partial charge in [-0.05, 0) is 36.2 Å². The maximum absolute atomic E-state index is 11.7. The van der Waals surface area contributed by atoms with E-state index < -0.39 is 0 Å². The van der Waals surface area contributed by atoms with E-state index in [9.17, 15) is 4.79 Å². The Balaban J connectivity index is 1.97. The largest absolute Gasteiger partial charge is 0.423 e. The molecule has 0 aliphatic carbocycles. The average molecular weight is 282 g/mol. The lowest BCUT2D eigenvalue weighted by atomic mass is 10.1. The van der Waals surface area contributed by atoms with E-state index in [1.165, 1.54) is 4.90 Å². The highest BCUT2D eigenvalue weighted by atomic mass is 32.2. The van der Waals surface area contributed by atoms with Crippen molar-refractivity contribution in [2.75, 3.05) is 0 Å². The van der Waals surface area contributed by atoms with E-state index in [0.29, 0.717) is 5.58 Å². The molecular formula is C17H14O2S. The Kier molecular flexibility index (Phi) is 3.61. The first-order valence-corrected chi connectivity index (χ1v) is 7.42. The number of thioether (sulfide) groups is 1. The van der Waals surface area contributed by atoms with Crippen LogP contribution in [0.4, 0.5) is 0 Å². The normalized spacial score (nSPS) is 10.8. The summed E-state index contributed by atoms with van der Waals surface area (Å²) in [4.78, 5) is 12.8. The third-order valence-electron chi connectivity index (χ3n) is 3.12. The SMILES string of the molecule is Cc1ccc2c(CSc3ccccc3)cc(=O)oc2c1. The molecule has 1 heterocycles. The van der Waals surface area contributed by atoms with Gasteiger partial charge in [0.05, 0.1) is 0 Å². The van der Waals surface area contributed by atoms with Crippen molar-refractivity contribution in [3.8, 4) is 0 Å². The summed E-state index contributed by atoms with van der Waals surface area (Å²) in [5, 5.41) is 1.01. The highest BCUT2D eigenvalue weighted by Gasteiger charge is 2.06. The Bertz CT molecular complexity index is 791. The standard InChI is InChI=1S/C17H14O2S/c1-12-7-8-15-13(10-17(18)19-16(15)9-12)11-20-14-5-3-2-4-6-14/h2-10H,11H2,1H3. The van der Waals surface area contributed by atoms with Gasteiger partial charge in [-0.2, -0.15) is 0 Å². The molecule has 3 heteroatoms. The molecule has 100 valence electrons. The third-order valence-corrected chi connectivity index (χ3v) is 4.18. The number of hydrogen-bond acceptors (Lipinski definition) is 3. The molecule has 0 aliphatic heterocycles. The third kappa shape index (κ3) is 2.78. The van der Waals surface area contributed by atoms with Gasteiger partial charge in [0.25, 0.3) is 0 Å². The first kappa shape index (κ1) is 13.0. The van der Waals surface area contributed by atoms with Crippen LogP contribution in [0.2, 0.25) is 0 Å². The second kappa shape index (κ2) is 5.55. The molecule has 0 radical (unpaired) electrons. The van der Waals surface area contributed by atoms with Gasteiger partial charge in [0.1, 0.15) is 5.58 Å². The highest BCUT2D eigenvalue weighted by Crippen LogP contribution is 2.26. The smallest absolute Gasteiger partial charge is 0.336 e. The van der Waals surface area contributed by atoms with Crippen LogP contribution in [0.15, 0.2) is 68.7 Å². The number of fused-ring (bicyclic) bond motifs is 1.